The minimum absolute atomic E-state index is 0.105. The van der Waals surface area contributed by atoms with E-state index in [2.05, 4.69) is 15.7 Å². The summed E-state index contributed by atoms with van der Waals surface area (Å²) in [7, 11) is 1.75. The van der Waals surface area contributed by atoms with E-state index in [0.29, 0.717) is 29.6 Å². The van der Waals surface area contributed by atoms with Gasteiger partial charge in [-0.3, -0.25) is 10.1 Å². The van der Waals surface area contributed by atoms with Crippen LogP contribution in [-0.2, 0) is 7.05 Å². The first-order valence-electron chi connectivity index (χ1n) is 6.75. The molecule has 0 spiro atoms. The molecule has 2 aliphatic rings. The Labute approximate surface area is 111 Å². The molecule has 19 heavy (non-hydrogen) atoms. The number of rotatable bonds is 3. The standard InChI is InChI=1S/C12H19N5O2/c1-7-11(17(18)19)12(16(2)15-7)14-10-5-8-3-4-9(6-10)13-8/h8-10,13-14H,3-6H2,1-2H3. The van der Waals surface area contributed by atoms with Crippen LogP contribution in [0.2, 0.25) is 0 Å². The Balaban J connectivity index is 1.81. The fourth-order valence-electron chi connectivity index (χ4n) is 3.40. The molecule has 1 aromatic rings. The Morgan fingerprint density at radius 1 is 1.42 bits per heavy atom. The molecule has 3 heterocycles. The lowest BCUT2D eigenvalue weighted by Gasteiger charge is -2.30. The summed E-state index contributed by atoms with van der Waals surface area (Å²) in [6.07, 6.45) is 4.49. The summed E-state index contributed by atoms with van der Waals surface area (Å²) in [5.41, 5.74) is 0.570. The Hall–Kier alpha value is -1.63. The summed E-state index contributed by atoms with van der Waals surface area (Å²) in [4.78, 5) is 10.8. The molecule has 1 aromatic heterocycles. The molecule has 2 unspecified atom stereocenters. The first-order valence-corrected chi connectivity index (χ1v) is 6.75. The van der Waals surface area contributed by atoms with Gasteiger partial charge in [-0.15, -0.1) is 0 Å². The zero-order valence-electron chi connectivity index (χ0n) is 11.2. The largest absolute Gasteiger partial charge is 0.362 e. The lowest BCUT2D eigenvalue weighted by atomic mass is 10.00. The second-order valence-corrected chi connectivity index (χ2v) is 5.61. The van der Waals surface area contributed by atoms with Crippen molar-refractivity contribution < 1.29 is 4.92 Å². The van der Waals surface area contributed by atoms with Crippen molar-refractivity contribution in [2.45, 2.75) is 50.7 Å². The maximum absolute atomic E-state index is 11.1. The molecule has 2 fully saturated rings. The summed E-state index contributed by atoms with van der Waals surface area (Å²) in [6.45, 7) is 1.68. The maximum Gasteiger partial charge on any atom is 0.333 e. The number of anilines is 1. The molecule has 7 nitrogen and oxygen atoms in total. The van der Waals surface area contributed by atoms with Crippen molar-refractivity contribution in [2.24, 2.45) is 7.05 Å². The molecular formula is C12H19N5O2. The summed E-state index contributed by atoms with van der Waals surface area (Å²) < 4.78 is 1.58. The lowest BCUT2D eigenvalue weighted by molar-refractivity contribution is -0.384. The first kappa shape index (κ1) is 12.4. The van der Waals surface area contributed by atoms with E-state index in [9.17, 15) is 10.1 Å². The van der Waals surface area contributed by atoms with Gasteiger partial charge in [0.1, 0.15) is 5.69 Å². The lowest BCUT2D eigenvalue weighted by Crippen LogP contribution is -2.43. The summed E-state index contributed by atoms with van der Waals surface area (Å²) >= 11 is 0. The fraction of sp³-hybridized carbons (Fsp3) is 0.750. The Bertz CT molecular complexity index is 500. The van der Waals surface area contributed by atoms with Crippen molar-refractivity contribution in [3.8, 4) is 0 Å². The van der Waals surface area contributed by atoms with Gasteiger partial charge in [0.05, 0.1) is 4.92 Å². The van der Waals surface area contributed by atoms with E-state index in [1.807, 2.05) is 0 Å². The molecule has 0 saturated carbocycles. The second kappa shape index (κ2) is 4.48. The van der Waals surface area contributed by atoms with Gasteiger partial charge in [0.15, 0.2) is 0 Å². The smallest absolute Gasteiger partial charge is 0.333 e. The number of hydrogen-bond acceptors (Lipinski definition) is 5. The van der Waals surface area contributed by atoms with Gasteiger partial charge in [-0.05, 0) is 32.6 Å². The van der Waals surface area contributed by atoms with Crippen LogP contribution in [0.25, 0.3) is 0 Å². The van der Waals surface area contributed by atoms with Gasteiger partial charge in [-0.1, -0.05) is 0 Å². The zero-order valence-corrected chi connectivity index (χ0v) is 11.2. The highest BCUT2D eigenvalue weighted by Crippen LogP contribution is 2.32. The van der Waals surface area contributed by atoms with Crippen LogP contribution in [0.5, 0.6) is 0 Å². The van der Waals surface area contributed by atoms with Gasteiger partial charge in [0, 0.05) is 25.2 Å². The number of nitro groups is 1. The van der Waals surface area contributed by atoms with Crippen molar-refractivity contribution in [2.75, 3.05) is 5.32 Å². The van der Waals surface area contributed by atoms with Crippen LogP contribution in [0.1, 0.15) is 31.4 Å². The summed E-state index contributed by atoms with van der Waals surface area (Å²) in [6, 6.07) is 1.42. The first-order chi connectivity index (χ1) is 9.04. The van der Waals surface area contributed by atoms with E-state index < -0.39 is 0 Å². The van der Waals surface area contributed by atoms with E-state index in [1.54, 1.807) is 18.7 Å². The maximum atomic E-state index is 11.1. The molecule has 2 saturated heterocycles. The van der Waals surface area contributed by atoms with Crippen molar-refractivity contribution in [3.05, 3.63) is 15.8 Å². The van der Waals surface area contributed by atoms with Crippen molar-refractivity contribution >= 4 is 11.5 Å². The fourth-order valence-corrected chi connectivity index (χ4v) is 3.40. The van der Waals surface area contributed by atoms with E-state index >= 15 is 0 Å². The van der Waals surface area contributed by atoms with Crippen molar-refractivity contribution in [1.29, 1.82) is 0 Å². The highest BCUT2D eigenvalue weighted by Gasteiger charge is 2.35. The van der Waals surface area contributed by atoms with Crippen LogP contribution in [0.15, 0.2) is 0 Å². The number of aromatic nitrogens is 2. The molecule has 0 aromatic carbocycles. The van der Waals surface area contributed by atoms with E-state index in [4.69, 9.17) is 0 Å². The van der Waals surface area contributed by atoms with Gasteiger partial charge in [-0.25, -0.2) is 4.68 Å². The third-order valence-corrected chi connectivity index (χ3v) is 4.19. The normalized spacial score (nSPS) is 29.5. The molecule has 2 N–H and O–H groups in total. The topological polar surface area (TPSA) is 85.0 Å². The number of piperidine rings is 1. The average Bonchev–Trinajstić information content (AvgIpc) is 2.80. The van der Waals surface area contributed by atoms with Gasteiger partial charge in [0.25, 0.3) is 0 Å². The van der Waals surface area contributed by atoms with Gasteiger partial charge < -0.3 is 10.6 Å². The Morgan fingerprint density at radius 2 is 2.05 bits per heavy atom. The predicted octanol–water partition coefficient (Wildman–Crippen LogP) is 1.33. The third-order valence-electron chi connectivity index (χ3n) is 4.19. The number of nitrogens with zero attached hydrogens (tertiary/aromatic N) is 3. The number of nitrogens with one attached hydrogen (secondary N) is 2. The van der Waals surface area contributed by atoms with Crippen molar-refractivity contribution in [1.82, 2.24) is 15.1 Å². The van der Waals surface area contributed by atoms with Crippen LogP contribution >= 0.6 is 0 Å². The van der Waals surface area contributed by atoms with Crippen molar-refractivity contribution in [3.63, 3.8) is 0 Å². The molecule has 3 rings (SSSR count). The number of hydrogen-bond donors (Lipinski definition) is 2. The highest BCUT2D eigenvalue weighted by molar-refractivity contribution is 5.60. The molecule has 104 valence electrons. The van der Waals surface area contributed by atoms with E-state index in [1.165, 1.54) is 12.8 Å². The second-order valence-electron chi connectivity index (χ2n) is 5.61. The van der Waals surface area contributed by atoms with Crippen LogP contribution in [-0.4, -0.2) is 32.8 Å². The quantitative estimate of drug-likeness (QED) is 0.636. The molecule has 0 amide bonds. The zero-order chi connectivity index (χ0) is 13.6. The third kappa shape index (κ3) is 2.18. The van der Waals surface area contributed by atoms with Crippen LogP contribution in [0, 0.1) is 17.0 Å². The number of fused-ring (bicyclic) bond motifs is 2. The molecular weight excluding hydrogens is 246 g/mol. The minimum atomic E-state index is -0.347. The molecule has 7 heteroatoms. The summed E-state index contributed by atoms with van der Waals surface area (Å²) in [5.74, 6) is 0.536. The van der Waals surface area contributed by atoms with E-state index in [0.717, 1.165) is 12.8 Å². The molecule has 0 aliphatic carbocycles. The van der Waals surface area contributed by atoms with Crippen LogP contribution in [0.4, 0.5) is 11.5 Å². The predicted molar refractivity (Wildman–Crippen MR) is 71.2 cm³/mol. The van der Waals surface area contributed by atoms with Crippen LogP contribution < -0.4 is 10.6 Å². The van der Waals surface area contributed by atoms with Gasteiger partial charge in [-0.2, -0.15) is 5.10 Å². The molecule has 2 atom stereocenters. The van der Waals surface area contributed by atoms with Crippen LogP contribution in [0.3, 0.4) is 0 Å². The monoisotopic (exact) mass is 265 g/mol. The molecule has 0 radical (unpaired) electrons. The van der Waals surface area contributed by atoms with Gasteiger partial charge >= 0.3 is 5.69 Å². The van der Waals surface area contributed by atoms with Gasteiger partial charge in [0.2, 0.25) is 5.82 Å². The Kier molecular flexibility index (Phi) is 2.93. The minimum Gasteiger partial charge on any atom is -0.362 e. The molecule has 2 aliphatic heterocycles. The average molecular weight is 265 g/mol. The Morgan fingerprint density at radius 3 is 2.63 bits per heavy atom. The molecule has 2 bridgehead atoms. The number of aryl methyl sites for hydroxylation is 2. The van der Waals surface area contributed by atoms with E-state index in [-0.39, 0.29) is 10.6 Å². The highest BCUT2D eigenvalue weighted by atomic mass is 16.6. The SMILES string of the molecule is Cc1nn(C)c(NC2CC3CCC(C2)N3)c1[N+](=O)[O-]. The summed E-state index contributed by atoms with van der Waals surface area (Å²) in [5, 5.41) is 22.2.